The highest BCUT2D eigenvalue weighted by Gasteiger charge is 2.21. The molecule has 1 aromatic heterocycles. The van der Waals surface area contributed by atoms with Crippen LogP contribution in [0.15, 0.2) is 17.3 Å². The largest absolute Gasteiger partial charge is 0.346 e. The van der Waals surface area contributed by atoms with Crippen LogP contribution in [0.2, 0.25) is 0 Å². The van der Waals surface area contributed by atoms with Crippen LogP contribution in [0.3, 0.4) is 0 Å². The van der Waals surface area contributed by atoms with Crippen LogP contribution in [0, 0.1) is 37.2 Å². The van der Waals surface area contributed by atoms with E-state index < -0.39 is 46.7 Å². The number of carbonyl (C=O) groups excluding carboxylic acids is 2. The number of anilines is 1. The summed E-state index contributed by atoms with van der Waals surface area (Å²) in [4.78, 5) is 28.8. The fourth-order valence-electron chi connectivity index (χ4n) is 2.63. The summed E-state index contributed by atoms with van der Waals surface area (Å²) in [6.45, 7) is 10.1. The maximum Gasteiger partial charge on any atom is 0.243 e. The zero-order valence-electron chi connectivity index (χ0n) is 17.5. The average molecular weight is 443 g/mol. The standard InChI is InChI=1S/C20H25F3N4O2S/c1-10(2)9-27-12(4)11(3)25-20(27)30-13(5)19(29)24-8-16(28)26-15-7-6-14(21)17(22)18(15)23/h6-7,10,13H,8-9H2,1-5H3,(H,24,29)(H,26,28). The van der Waals surface area contributed by atoms with Gasteiger partial charge >= 0.3 is 0 Å². The highest BCUT2D eigenvalue weighted by molar-refractivity contribution is 8.00. The normalized spacial score (nSPS) is 12.2. The van der Waals surface area contributed by atoms with Gasteiger partial charge < -0.3 is 15.2 Å². The van der Waals surface area contributed by atoms with Crippen molar-refractivity contribution in [2.45, 2.75) is 51.6 Å². The minimum absolute atomic E-state index is 0.404. The number of thioether (sulfide) groups is 1. The van der Waals surface area contributed by atoms with E-state index in [4.69, 9.17) is 0 Å². The minimum Gasteiger partial charge on any atom is -0.346 e. The van der Waals surface area contributed by atoms with Crippen LogP contribution in [0.1, 0.15) is 32.2 Å². The van der Waals surface area contributed by atoms with Crippen molar-refractivity contribution >= 4 is 29.3 Å². The van der Waals surface area contributed by atoms with Crippen molar-refractivity contribution in [2.75, 3.05) is 11.9 Å². The van der Waals surface area contributed by atoms with E-state index in [0.29, 0.717) is 12.0 Å². The van der Waals surface area contributed by atoms with Gasteiger partial charge in [-0.15, -0.1) is 0 Å². The van der Waals surface area contributed by atoms with E-state index in [2.05, 4.69) is 34.0 Å². The second kappa shape index (κ2) is 10.0. The molecule has 10 heteroatoms. The summed E-state index contributed by atoms with van der Waals surface area (Å²) in [5.74, 6) is -5.30. The molecule has 1 unspecified atom stereocenters. The van der Waals surface area contributed by atoms with Crippen LogP contribution in [-0.2, 0) is 16.1 Å². The summed E-state index contributed by atoms with van der Waals surface area (Å²) in [6.07, 6.45) is 0. The van der Waals surface area contributed by atoms with E-state index in [1.54, 1.807) is 6.92 Å². The number of imidazole rings is 1. The molecule has 0 aliphatic heterocycles. The molecule has 2 amide bonds. The minimum atomic E-state index is -1.68. The first-order valence-electron chi connectivity index (χ1n) is 9.42. The molecule has 2 aromatic rings. The monoisotopic (exact) mass is 442 g/mol. The number of nitrogens with one attached hydrogen (secondary N) is 2. The lowest BCUT2D eigenvalue weighted by Crippen LogP contribution is -2.37. The number of nitrogens with zero attached hydrogens (tertiary/aromatic N) is 2. The topological polar surface area (TPSA) is 76.0 Å². The Balaban J connectivity index is 1.95. The molecule has 1 heterocycles. The molecular formula is C20H25F3N4O2S. The number of hydrogen-bond donors (Lipinski definition) is 2. The highest BCUT2D eigenvalue weighted by Crippen LogP contribution is 2.26. The third-order valence-corrected chi connectivity index (χ3v) is 5.44. The van der Waals surface area contributed by atoms with Gasteiger partial charge in [-0.25, -0.2) is 18.2 Å². The van der Waals surface area contributed by atoms with Gasteiger partial charge in [0.15, 0.2) is 22.6 Å². The van der Waals surface area contributed by atoms with Gasteiger partial charge in [0.1, 0.15) is 0 Å². The van der Waals surface area contributed by atoms with E-state index in [0.717, 1.165) is 29.2 Å². The van der Waals surface area contributed by atoms with Gasteiger partial charge in [-0.3, -0.25) is 9.59 Å². The molecular weight excluding hydrogens is 417 g/mol. The Bertz CT molecular complexity index is 947. The lowest BCUT2D eigenvalue weighted by Gasteiger charge is -2.15. The second-order valence-corrected chi connectivity index (χ2v) is 8.63. The summed E-state index contributed by atoms with van der Waals surface area (Å²) in [7, 11) is 0. The Morgan fingerprint density at radius 2 is 1.80 bits per heavy atom. The molecule has 2 N–H and O–H groups in total. The fraction of sp³-hybridized carbons (Fsp3) is 0.450. The Morgan fingerprint density at radius 1 is 1.13 bits per heavy atom. The molecule has 0 aliphatic rings. The first-order chi connectivity index (χ1) is 14.0. The van der Waals surface area contributed by atoms with Crippen LogP contribution in [0.25, 0.3) is 0 Å². The Morgan fingerprint density at radius 3 is 2.43 bits per heavy atom. The molecule has 0 aliphatic carbocycles. The quantitative estimate of drug-likeness (QED) is 0.482. The van der Waals surface area contributed by atoms with Crippen molar-refractivity contribution in [3.05, 3.63) is 41.0 Å². The molecule has 6 nitrogen and oxygen atoms in total. The fourth-order valence-corrected chi connectivity index (χ4v) is 3.67. The number of aryl methyl sites for hydroxylation is 1. The Labute approximate surface area is 177 Å². The van der Waals surface area contributed by atoms with Gasteiger partial charge in [-0.1, -0.05) is 25.6 Å². The molecule has 164 valence electrons. The van der Waals surface area contributed by atoms with Crippen molar-refractivity contribution in [1.29, 1.82) is 0 Å². The van der Waals surface area contributed by atoms with Crippen molar-refractivity contribution in [1.82, 2.24) is 14.9 Å². The van der Waals surface area contributed by atoms with Crippen LogP contribution in [-0.4, -0.2) is 33.2 Å². The molecule has 0 bridgehead atoms. The molecule has 0 fully saturated rings. The van der Waals surface area contributed by atoms with E-state index in [1.807, 2.05) is 13.8 Å². The SMILES string of the molecule is Cc1nc(SC(C)C(=O)NCC(=O)Nc2ccc(F)c(F)c2F)n(CC(C)C)c1C. The molecule has 0 radical (unpaired) electrons. The van der Waals surface area contributed by atoms with E-state index in [1.165, 1.54) is 11.8 Å². The number of aromatic nitrogens is 2. The summed E-state index contributed by atoms with van der Waals surface area (Å²) in [5, 5.41) is 4.74. The number of carbonyl (C=O) groups is 2. The number of rotatable bonds is 8. The van der Waals surface area contributed by atoms with Crippen molar-refractivity contribution < 1.29 is 22.8 Å². The van der Waals surface area contributed by atoms with E-state index in [9.17, 15) is 22.8 Å². The van der Waals surface area contributed by atoms with Gasteiger partial charge in [0.05, 0.1) is 23.2 Å². The molecule has 1 atom stereocenters. The van der Waals surface area contributed by atoms with Gasteiger partial charge in [-0.2, -0.15) is 0 Å². The van der Waals surface area contributed by atoms with Crippen molar-refractivity contribution in [2.24, 2.45) is 5.92 Å². The zero-order valence-corrected chi connectivity index (χ0v) is 18.3. The number of hydrogen-bond acceptors (Lipinski definition) is 4. The van der Waals surface area contributed by atoms with Crippen molar-refractivity contribution in [3.8, 4) is 0 Å². The second-order valence-electron chi connectivity index (χ2n) is 7.32. The number of benzene rings is 1. The third kappa shape index (κ3) is 5.78. The summed E-state index contributed by atoms with van der Waals surface area (Å²) < 4.78 is 41.9. The van der Waals surface area contributed by atoms with Gasteiger partial charge in [0.25, 0.3) is 0 Å². The van der Waals surface area contributed by atoms with Crippen molar-refractivity contribution in [3.63, 3.8) is 0 Å². The number of amides is 2. The maximum atomic E-state index is 13.6. The van der Waals surface area contributed by atoms with Gasteiger partial charge in [-0.05, 0) is 38.8 Å². The smallest absolute Gasteiger partial charge is 0.243 e. The predicted octanol–water partition coefficient (Wildman–Crippen LogP) is 3.81. The summed E-state index contributed by atoms with van der Waals surface area (Å²) >= 11 is 1.27. The van der Waals surface area contributed by atoms with Crippen LogP contribution < -0.4 is 10.6 Å². The molecule has 0 spiro atoms. The third-order valence-electron chi connectivity index (χ3n) is 4.35. The molecule has 1 aromatic carbocycles. The molecule has 30 heavy (non-hydrogen) atoms. The highest BCUT2D eigenvalue weighted by atomic mass is 32.2. The van der Waals surface area contributed by atoms with E-state index >= 15 is 0 Å². The number of halogens is 3. The van der Waals surface area contributed by atoms with Gasteiger partial charge in [0.2, 0.25) is 11.8 Å². The van der Waals surface area contributed by atoms with Crippen LogP contribution >= 0.6 is 11.8 Å². The predicted molar refractivity (Wildman–Crippen MR) is 110 cm³/mol. The Hall–Kier alpha value is -2.49. The molecule has 0 saturated heterocycles. The van der Waals surface area contributed by atoms with Crippen LogP contribution in [0.5, 0.6) is 0 Å². The lowest BCUT2D eigenvalue weighted by molar-refractivity contribution is -0.123. The maximum absolute atomic E-state index is 13.6. The molecule has 2 rings (SSSR count). The first kappa shape index (κ1) is 23.8. The summed E-state index contributed by atoms with van der Waals surface area (Å²) in [5.41, 5.74) is 1.42. The Kier molecular flexibility index (Phi) is 7.94. The first-order valence-corrected chi connectivity index (χ1v) is 10.3. The average Bonchev–Trinajstić information content (AvgIpc) is 2.93. The van der Waals surface area contributed by atoms with Crippen LogP contribution in [0.4, 0.5) is 18.9 Å². The lowest BCUT2D eigenvalue weighted by atomic mass is 10.2. The van der Waals surface area contributed by atoms with E-state index in [-0.39, 0.29) is 0 Å². The summed E-state index contributed by atoms with van der Waals surface area (Å²) in [6, 6.07) is 1.61. The van der Waals surface area contributed by atoms with Gasteiger partial charge in [0, 0.05) is 12.2 Å². The molecule has 0 saturated carbocycles. The zero-order chi connectivity index (χ0) is 22.6.